The van der Waals surface area contributed by atoms with E-state index in [0.29, 0.717) is 41.8 Å². The van der Waals surface area contributed by atoms with Crippen LogP contribution in [0.3, 0.4) is 0 Å². The molecule has 0 radical (unpaired) electrons. The third-order valence-electron chi connectivity index (χ3n) is 3.58. The fraction of sp³-hybridized carbons (Fsp3) is 0.118. The van der Waals surface area contributed by atoms with Gasteiger partial charge in [0.05, 0.1) is 5.69 Å². The molecule has 0 spiro atoms. The maximum atomic E-state index is 12.4. The molecule has 0 saturated heterocycles. The zero-order valence-corrected chi connectivity index (χ0v) is 12.7. The summed E-state index contributed by atoms with van der Waals surface area (Å²) in [7, 11) is 0. The number of aromatic amines is 1. The first-order valence-electron chi connectivity index (χ1n) is 7.46. The van der Waals surface area contributed by atoms with Gasteiger partial charge < -0.3 is 14.8 Å². The van der Waals surface area contributed by atoms with Crippen molar-refractivity contribution in [1.29, 1.82) is 0 Å². The second-order valence-corrected chi connectivity index (χ2v) is 5.22. The molecule has 1 amide bonds. The molecule has 7 nitrogen and oxygen atoms in total. The predicted molar refractivity (Wildman–Crippen MR) is 87.2 cm³/mol. The molecule has 120 valence electrons. The highest BCUT2D eigenvalue weighted by Crippen LogP contribution is 2.32. The normalized spacial score (nSPS) is 12.7. The van der Waals surface area contributed by atoms with Crippen LogP contribution in [0.4, 0.5) is 5.69 Å². The highest BCUT2D eigenvalue weighted by atomic mass is 16.6. The topological polar surface area (TPSA) is 89.1 Å². The van der Waals surface area contributed by atoms with E-state index in [1.54, 1.807) is 36.7 Å². The van der Waals surface area contributed by atoms with Gasteiger partial charge in [-0.25, -0.2) is 0 Å². The van der Waals surface area contributed by atoms with Crippen molar-refractivity contribution in [2.45, 2.75) is 0 Å². The average Bonchev–Trinajstić information content (AvgIpc) is 3.13. The third-order valence-corrected chi connectivity index (χ3v) is 3.58. The lowest BCUT2D eigenvalue weighted by Crippen LogP contribution is -2.16. The number of hydrogen-bond acceptors (Lipinski definition) is 5. The van der Waals surface area contributed by atoms with Crippen molar-refractivity contribution in [3.63, 3.8) is 0 Å². The molecular weight excluding hydrogens is 308 g/mol. The second kappa shape index (κ2) is 6.04. The highest BCUT2D eigenvalue weighted by molar-refractivity contribution is 6.03. The minimum Gasteiger partial charge on any atom is -0.486 e. The van der Waals surface area contributed by atoms with E-state index in [0.717, 1.165) is 5.56 Å². The summed E-state index contributed by atoms with van der Waals surface area (Å²) in [5, 5.41) is 9.70. The number of nitrogens with zero attached hydrogens (tertiary/aromatic N) is 2. The van der Waals surface area contributed by atoms with Crippen LogP contribution < -0.4 is 14.8 Å². The Labute approximate surface area is 137 Å². The van der Waals surface area contributed by atoms with Crippen LogP contribution in [0.2, 0.25) is 0 Å². The van der Waals surface area contributed by atoms with Crippen molar-refractivity contribution in [3.05, 3.63) is 54.5 Å². The molecule has 0 bridgehead atoms. The molecule has 2 N–H and O–H groups in total. The number of benzene rings is 1. The van der Waals surface area contributed by atoms with Gasteiger partial charge >= 0.3 is 0 Å². The average molecular weight is 322 g/mol. The lowest BCUT2D eigenvalue weighted by Gasteiger charge is -2.18. The molecule has 1 aromatic carbocycles. The summed E-state index contributed by atoms with van der Waals surface area (Å²) in [4.78, 5) is 16.4. The van der Waals surface area contributed by atoms with E-state index in [9.17, 15) is 4.79 Å². The smallest absolute Gasteiger partial charge is 0.273 e. The first-order valence-corrected chi connectivity index (χ1v) is 7.46. The maximum absolute atomic E-state index is 12.4. The molecule has 2 aromatic heterocycles. The molecule has 0 fully saturated rings. The van der Waals surface area contributed by atoms with Gasteiger partial charge in [-0.2, -0.15) is 5.10 Å². The van der Waals surface area contributed by atoms with Crippen LogP contribution in [-0.2, 0) is 0 Å². The number of hydrogen-bond donors (Lipinski definition) is 2. The molecular formula is C17H14N4O3. The Bertz CT molecular complexity index is 877. The van der Waals surface area contributed by atoms with E-state index < -0.39 is 0 Å². The molecule has 0 aliphatic carbocycles. The van der Waals surface area contributed by atoms with Crippen molar-refractivity contribution >= 4 is 11.6 Å². The van der Waals surface area contributed by atoms with Crippen LogP contribution in [0.15, 0.2) is 48.8 Å². The van der Waals surface area contributed by atoms with Gasteiger partial charge in [-0.3, -0.25) is 14.9 Å². The quantitative estimate of drug-likeness (QED) is 0.773. The van der Waals surface area contributed by atoms with Crippen LogP contribution in [0.1, 0.15) is 10.5 Å². The lowest BCUT2D eigenvalue weighted by atomic mass is 10.2. The third kappa shape index (κ3) is 2.79. The number of carbonyl (C=O) groups excluding carboxylic acids is 1. The second-order valence-electron chi connectivity index (χ2n) is 5.22. The monoisotopic (exact) mass is 322 g/mol. The number of rotatable bonds is 3. The first kappa shape index (κ1) is 14.3. The van der Waals surface area contributed by atoms with E-state index in [1.165, 1.54) is 0 Å². The fourth-order valence-corrected chi connectivity index (χ4v) is 2.42. The number of nitrogens with one attached hydrogen (secondary N) is 2. The van der Waals surface area contributed by atoms with E-state index in [4.69, 9.17) is 9.47 Å². The maximum Gasteiger partial charge on any atom is 0.273 e. The van der Waals surface area contributed by atoms with Crippen molar-refractivity contribution in [2.75, 3.05) is 18.5 Å². The molecule has 0 unspecified atom stereocenters. The number of H-pyrrole nitrogens is 1. The molecule has 24 heavy (non-hydrogen) atoms. The van der Waals surface area contributed by atoms with Crippen molar-refractivity contribution < 1.29 is 14.3 Å². The van der Waals surface area contributed by atoms with Gasteiger partial charge in [-0.15, -0.1) is 0 Å². The summed E-state index contributed by atoms with van der Waals surface area (Å²) >= 11 is 0. The Kier molecular flexibility index (Phi) is 3.59. The minimum absolute atomic E-state index is 0.283. The molecule has 7 heteroatoms. The molecule has 0 atom stereocenters. The van der Waals surface area contributed by atoms with Crippen LogP contribution >= 0.6 is 0 Å². The van der Waals surface area contributed by atoms with E-state index in [-0.39, 0.29) is 5.91 Å². The van der Waals surface area contributed by atoms with Gasteiger partial charge in [-0.05, 0) is 30.3 Å². The number of carbonyl (C=O) groups is 1. The zero-order valence-electron chi connectivity index (χ0n) is 12.7. The standard InChI is InChI=1S/C17H14N4O3/c22-17(14-9-13(20-21-14)11-2-1-5-18-10-11)19-12-3-4-15-16(8-12)24-7-6-23-15/h1-5,8-10H,6-7H2,(H,19,22)(H,20,21). The lowest BCUT2D eigenvalue weighted by molar-refractivity contribution is 0.102. The van der Waals surface area contributed by atoms with Crippen molar-refractivity contribution in [1.82, 2.24) is 15.2 Å². The molecule has 3 aromatic rings. The van der Waals surface area contributed by atoms with E-state index in [2.05, 4.69) is 20.5 Å². The van der Waals surface area contributed by atoms with Crippen molar-refractivity contribution in [3.8, 4) is 22.8 Å². The number of ether oxygens (including phenoxy) is 2. The number of anilines is 1. The molecule has 1 aliphatic rings. The molecule has 1 aliphatic heterocycles. The largest absolute Gasteiger partial charge is 0.486 e. The Morgan fingerprint density at radius 1 is 1.12 bits per heavy atom. The number of pyridine rings is 1. The Morgan fingerprint density at radius 2 is 2.00 bits per heavy atom. The van der Waals surface area contributed by atoms with Gasteiger partial charge in [0.1, 0.15) is 18.9 Å². The van der Waals surface area contributed by atoms with Crippen LogP contribution in [0, 0.1) is 0 Å². The predicted octanol–water partition coefficient (Wildman–Crippen LogP) is 2.50. The molecule has 4 rings (SSSR count). The SMILES string of the molecule is O=C(Nc1ccc2c(c1)OCCO2)c1cc(-c2cccnc2)n[nH]1. The summed E-state index contributed by atoms with van der Waals surface area (Å²) in [6.07, 6.45) is 3.38. The van der Waals surface area contributed by atoms with Crippen molar-refractivity contribution in [2.24, 2.45) is 0 Å². The van der Waals surface area contributed by atoms with E-state index in [1.807, 2.05) is 12.1 Å². The Hall–Kier alpha value is -3.35. The summed E-state index contributed by atoms with van der Waals surface area (Å²) in [6.45, 7) is 1.03. The van der Waals surface area contributed by atoms with E-state index >= 15 is 0 Å². The van der Waals surface area contributed by atoms with Gasteiger partial charge in [0.25, 0.3) is 5.91 Å². The van der Waals surface area contributed by atoms with Gasteiger partial charge in [0.2, 0.25) is 0 Å². The molecule has 3 heterocycles. The Morgan fingerprint density at radius 3 is 2.83 bits per heavy atom. The summed E-state index contributed by atoms with van der Waals surface area (Å²) in [6, 6.07) is 10.7. The van der Waals surface area contributed by atoms with Crippen LogP contribution in [-0.4, -0.2) is 34.3 Å². The summed E-state index contributed by atoms with van der Waals surface area (Å²) < 4.78 is 11.0. The van der Waals surface area contributed by atoms with Crippen LogP contribution in [0.25, 0.3) is 11.3 Å². The zero-order chi connectivity index (χ0) is 16.4. The fourth-order valence-electron chi connectivity index (χ4n) is 2.42. The minimum atomic E-state index is -0.283. The summed E-state index contributed by atoms with van der Waals surface area (Å²) in [5.41, 5.74) is 2.49. The van der Waals surface area contributed by atoms with Gasteiger partial charge in [-0.1, -0.05) is 0 Å². The molecule has 0 saturated carbocycles. The first-order chi connectivity index (χ1) is 11.8. The summed E-state index contributed by atoms with van der Waals surface area (Å²) in [5.74, 6) is 1.02. The number of amides is 1. The highest BCUT2D eigenvalue weighted by Gasteiger charge is 2.15. The number of fused-ring (bicyclic) bond motifs is 1. The van der Waals surface area contributed by atoms with Gasteiger partial charge in [0.15, 0.2) is 11.5 Å². The van der Waals surface area contributed by atoms with Crippen LogP contribution in [0.5, 0.6) is 11.5 Å². The number of aromatic nitrogens is 3. The van der Waals surface area contributed by atoms with Gasteiger partial charge in [0, 0.05) is 29.7 Å². The Balaban J connectivity index is 1.51.